The van der Waals surface area contributed by atoms with Gasteiger partial charge in [0.1, 0.15) is 11.5 Å². The first-order chi connectivity index (χ1) is 12.6. The van der Waals surface area contributed by atoms with Gasteiger partial charge in [-0.3, -0.25) is 0 Å². The van der Waals surface area contributed by atoms with E-state index in [1.54, 1.807) is 11.3 Å². The van der Waals surface area contributed by atoms with Gasteiger partial charge in [-0.25, -0.2) is 9.98 Å². The van der Waals surface area contributed by atoms with Crippen molar-refractivity contribution in [1.29, 1.82) is 0 Å². The Hall–Kier alpha value is -2.33. The highest BCUT2D eigenvalue weighted by Gasteiger charge is 2.04. The molecule has 0 fully saturated rings. The summed E-state index contributed by atoms with van der Waals surface area (Å²) in [5.41, 5.74) is 7.69. The number of nitrogens with zero attached hydrogens (tertiary/aromatic N) is 3. The zero-order chi connectivity index (χ0) is 18.4. The summed E-state index contributed by atoms with van der Waals surface area (Å²) in [5.74, 6) is 1.84. The zero-order valence-electron chi connectivity index (χ0n) is 15.1. The van der Waals surface area contributed by atoms with Crippen LogP contribution in [0.15, 0.2) is 65.0 Å². The number of hydrogen-bond donors (Lipinski definition) is 2. The van der Waals surface area contributed by atoms with Crippen LogP contribution in [0, 0.1) is 0 Å². The van der Waals surface area contributed by atoms with Crippen LogP contribution in [0.4, 0.5) is 10.8 Å². The number of nitrogens with two attached hydrogens (primary N) is 1. The number of hydrogen-bond acceptors (Lipinski definition) is 5. The molecule has 0 bridgehead atoms. The van der Waals surface area contributed by atoms with E-state index >= 15 is 0 Å². The van der Waals surface area contributed by atoms with Crippen molar-refractivity contribution < 1.29 is 4.74 Å². The molecule has 0 saturated heterocycles. The highest BCUT2D eigenvalue weighted by Crippen LogP contribution is 2.23. The van der Waals surface area contributed by atoms with Crippen LogP contribution in [0.5, 0.6) is 11.5 Å². The minimum absolute atomic E-state index is 0. The molecule has 1 aromatic heterocycles. The number of benzene rings is 2. The molecule has 0 aliphatic rings. The second kappa shape index (κ2) is 10.1. The Bertz CT molecular complexity index is 883. The fourth-order valence-electron chi connectivity index (χ4n) is 2.19. The fourth-order valence-corrected chi connectivity index (χ4v) is 2.94. The summed E-state index contributed by atoms with van der Waals surface area (Å²) in [7, 11) is 3.93. The Morgan fingerprint density at radius 2 is 1.89 bits per heavy atom. The predicted molar refractivity (Wildman–Crippen MR) is 124 cm³/mol. The summed E-state index contributed by atoms with van der Waals surface area (Å²) in [5, 5.41) is 6.02. The van der Waals surface area contributed by atoms with Crippen molar-refractivity contribution in [1.82, 2.24) is 4.98 Å². The molecule has 8 heteroatoms. The minimum atomic E-state index is 0. The molecule has 3 N–H and O–H groups in total. The number of guanidine groups is 1. The van der Waals surface area contributed by atoms with E-state index in [1.165, 1.54) is 0 Å². The van der Waals surface area contributed by atoms with E-state index in [9.17, 15) is 0 Å². The highest BCUT2D eigenvalue weighted by atomic mass is 127. The zero-order valence-corrected chi connectivity index (χ0v) is 18.3. The lowest BCUT2D eigenvalue weighted by Gasteiger charge is -2.09. The number of thiazole rings is 1. The SMILES string of the molecule is CN(C)c1nc(CN=C(N)Nc2cccc(Oc3ccccc3)c2)cs1.I. The first kappa shape index (κ1) is 21.0. The Labute approximate surface area is 180 Å². The summed E-state index contributed by atoms with van der Waals surface area (Å²) < 4.78 is 5.82. The highest BCUT2D eigenvalue weighted by molar-refractivity contribution is 14.0. The van der Waals surface area contributed by atoms with Gasteiger partial charge in [-0.2, -0.15) is 0 Å². The Balaban J connectivity index is 0.00000261. The van der Waals surface area contributed by atoms with E-state index in [0.29, 0.717) is 12.5 Å². The van der Waals surface area contributed by atoms with Gasteiger partial charge < -0.3 is 20.7 Å². The number of ether oxygens (including phenoxy) is 1. The lowest BCUT2D eigenvalue weighted by molar-refractivity contribution is 0.483. The van der Waals surface area contributed by atoms with Gasteiger partial charge in [0.25, 0.3) is 0 Å². The van der Waals surface area contributed by atoms with Gasteiger partial charge in [-0.15, -0.1) is 35.3 Å². The third-order valence-corrected chi connectivity index (χ3v) is 4.48. The standard InChI is InChI=1S/C19H21N5OS.HI/c1-24(2)19-23-15(13-26-19)12-21-18(20)22-14-7-6-10-17(11-14)25-16-8-4-3-5-9-16;/h3-11,13H,12H2,1-2H3,(H3,20,21,22);1H. The molecule has 0 radical (unpaired) electrons. The average molecular weight is 495 g/mol. The fraction of sp³-hybridized carbons (Fsp3) is 0.158. The van der Waals surface area contributed by atoms with E-state index < -0.39 is 0 Å². The molecule has 27 heavy (non-hydrogen) atoms. The quantitative estimate of drug-likeness (QED) is 0.298. The Kier molecular flexibility index (Phi) is 7.86. The van der Waals surface area contributed by atoms with E-state index in [4.69, 9.17) is 10.5 Å². The van der Waals surface area contributed by atoms with E-state index in [0.717, 1.165) is 28.0 Å². The molecule has 0 aliphatic heterocycles. The predicted octanol–water partition coefficient (Wildman–Crippen LogP) is 4.55. The number of halogens is 1. The number of nitrogens with one attached hydrogen (secondary N) is 1. The summed E-state index contributed by atoms with van der Waals surface area (Å²) in [6.45, 7) is 0.434. The van der Waals surface area contributed by atoms with Crippen LogP contribution in [-0.2, 0) is 6.54 Å². The van der Waals surface area contributed by atoms with Crippen LogP contribution in [0.25, 0.3) is 0 Å². The van der Waals surface area contributed by atoms with Crippen molar-refractivity contribution in [2.75, 3.05) is 24.3 Å². The maximum absolute atomic E-state index is 5.99. The number of anilines is 2. The van der Waals surface area contributed by atoms with Crippen LogP contribution in [0.2, 0.25) is 0 Å². The van der Waals surface area contributed by atoms with Crippen LogP contribution in [0.3, 0.4) is 0 Å². The smallest absolute Gasteiger partial charge is 0.193 e. The van der Waals surface area contributed by atoms with Gasteiger partial charge in [0.15, 0.2) is 11.1 Å². The topological polar surface area (TPSA) is 75.8 Å². The first-order valence-electron chi connectivity index (χ1n) is 8.12. The Morgan fingerprint density at radius 1 is 1.15 bits per heavy atom. The van der Waals surface area contributed by atoms with Crippen molar-refractivity contribution in [3.05, 3.63) is 65.7 Å². The normalized spacial score (nSPS) is 10.8. The molecular formula is C19H22IN5OS. The van der Waals surface area contributed by atoms with Crippen molar-refractivity contribution in [2.24, 2.45) is 10.7 Å². The number of para-hydroxylation sites is 1. The second-order valence-corrected chi connectivity index (χ2v) is 6.62. The number of aliphatic imine (C=N–C) groups is 1. The van der Waals surface area contributed by atoms with Crippen LogP contribution < -0.4 is 20.7 Å². The first-order valence-corrected chi connectivity index (χ1v) is 9.00. The van der Waals surface area contributed by atoms with Crippen molar-refractivity contribution >= 4 is 52.1 Å². The molecule has 142 valence electrons. The van der Waals surface area contributed by atoms with Gasteiger partial charge in [-0.1, -0.05) is 24.3 Å². The van der Waals surface area contributed by atoms with Crippen LogP contribution >= 0.6 is 35.3 Å². The molecule has 0 unspecified atom stereocenters. The molecule has 0 amide bonds. The van der Waals surface area contributed by atoms with E-state index in [-0.39, 0.29) is 24.0 Å². The maximum atomic E-state index is 5.99. The maximum Gasteiger partial charge on any atom is 0.193 e. The van der Waals surface area contributed by atoms with Crippen molar-refractivity contribution in [3.63, 3.8) is 0 Å². The molecule has 2 aromatic carbocycles. The van der Waals surface area contributed by atoms with Crippen LogP contribution in [-0.4, -0.2) is 25.0 Å². The van der Waals surface area contributed by atoms with Gasteiger partial charge in [0.05, 0.1) is 12.2 Å². The van der Waals surface area contributed by atoms with Gasteiger partial charge in [0.2, 0.25) is 0 Å². The minimum Gasteiger partial charge on any atom is -0.457 e. The second-order valence-electron chi connectivity index (χ2n) is 5.79. The molecule has 0 spiro atoms. The third kappa shape index (κ3) is 6.40. The molecule has 0 saturated carbocycles. The lowest BCUT2D eigenvalue weighted by Crippen LogP contribution is -2.22. The largest absolute Gasteiger partial charge is 0.457 e. The monoisotopic (exact) mass is 495 g/mol. The van der Waals surface area contributed by atoms with Gasteiger partial charge in [-0.05, 0) is 24.3 Å². The van der Waals surface area contributed by atoms with E-state index in [2.05, 4.69) is 15.3 Å². The summed E-state index contributed by atoms with van der Waals surface area (Å²) in [4.78, 5) is 10.8. The molecule has 0 aliphatic carbocycles. The summed E-state index contributed by atoms with van der Waals surface area (Å²) >= 11 is 1.58. The summed E-state index contributed by atoms with van der Waals surface area (Å²) in [6.07, 6.45) is 0. The molecular weight excluding hydrogens is 473 g/mol. The molecule has 0 atom stereocenters. The molecule has 1 heterocycles. The molecule has 3 aromatic rings. The van der Waals surface area contributed by atoms with Crippen molar-refractivity contribution in [2.45, 2.75) is 6.54 Å². The lowest BCUT2D eigenvalue weighted by atomic mass is 10.3. The van der Waals surface area contributed by atoms with Crippen LogP contribution in [0.1, 0.15) is 5.69 Å². The average Bonchev–Trinajstić information content (AvgIpc) is 3.11. The van der Waals surface area contributed by atoms with E-state index in [1.807, 2.05) is 79.0 Å². The number of aromatic nitrogens is 1. The van der Waals surface area contributed by atoms with Gasteiger partial charge in [0, 0.05) is 31.2 Å². The van der Waals surface area contributed by atoms with Crippen molar-refractivity contribution in [3.8, 4) is 11.5 Å². The Morgan fingerprint density at radius 3 is 2.59 bits per heavy atom. The third-order valence-electron chi connectivity index (χ3n) is 3.42. The summed E-state index contributed by atoms with van der Waals surface area (Å²) in [6, 6.07) is 17.2. The van der Waals surface area contributed by atoms with Gasteiger partial charge >= 0.3 is 0 Å². The number of rotatable bonds is 6. The molecule has 3 rings (SSSR count). The molecule has 6 nitrogen and oxygen atoms in total.